The summed E-state index contributed by atoms with van der Waals surface area (Å²) in [6.07, 6.45) is -2.38. The monoisotopic (exact) mass is 635 g/mol. The van der Waals surface area contributed by atoms with Crippen molar-refractivity contribution in [2.45, 2.75) is 52.8 Å². The smallest absolute Gasteiger partial charge is 0.383 e. The van der Waals surface area contributed by atoms with Gasteiger partial charge in [-0.2, -0.15) is 23.0 Å². The minimum atomic E-state index is -4.59. The van der Waals surface area contributed by atoms with Gasteiger partial charge in [-0.25, -0.2) is 9.97 Å². The third-order valence-corrected chi connectivity index (χ3v) is 8.27. The Bertz CT molecular complexity index is 1690. The largest absolute Gasteiger partial charge is 0.416 e. The predicted molar refractivity (Wildman–Crippen MR) is 172 cm³/mol. The van der Waals surface area contributed by atoms with E-state index in [1.165, 1.54) is 6.33 Å². The van der Waals surface area contributed by atoms with E-state index in [0.717, 1.165) is 47.7 Å². The number of nitrogens with one attached hydrogen (secondary N) is 1. The van der Waals surface area contributed by atoms with Crippen LogP contribution in [0.4, 0.5) is 30.4 Å². The topological polar surface area (TPSA) is 88.4 Å². The van der Waals surface area contributed by atoms with Crippen LogP contribution < -0.4 is 10.2 Å². The molecular formula is C34H40F3N7O2. The van der Waals surface area contributed by atoms with E-state index in [9.17, 15) is 18.0 Å². The van der Waals surface area contributed by atoms with E-state index in [1.54, 1.807) is 17.9 Å². The first kappa shape index (κ1) is 33.1. The van der Waals surface area contributed by atoms with E-state index in [-0.39, 0.29) is 23.8 Å². The molecule has 0 radical (unpaired) electrons. The number of carbonyl (C=O) groups is 1. The lowest BCUT2D eigenvalue weighted by Gasteiger charge is -2.41. The summed E-state index contributed by atoms with van der Waals surface area (Å²) in [6, 6.07) is 13.0. The van der Waals surface area contributed by atoms with Crippen LogP contribution in [0.5, 0.6) is 0 Å². The Morgan fingerprint density at radius 2 is 1.87 bits per heavy atom. The van der Waals surface area contributed by atoms with Crippen molar-refractivity contribution in [3.63, 3.8) is 0 Å². The fourth-order valence-corrected chi connectivity index (χ4v) is 5.74. The zero-order chi connectivity index (χ0) is 33.0. The number of alkyl halides is 3. The molecule has 1 atom stereocenters. The van der Waals surface area contributed by atoms with E-state index in [1.807, 2.05) is 62.9 Å². The number of Topliss-reactive ketones (excluding diaryl/α,β-unsaturated/α-hetero) is 1. The molecule has 0 spiro atoms. The molecule has 2 aromatic carbocycles. The SMILES string of the molecule is CCc1cc(-n2nc(C)cc2Nc2cc(CC(=O)c3cc(N4CCN(CCOC)C[C@H]4C)cc(C(F)(F)F)c3)ccc2C)ncn1. The summed E-state index contributed by atoms with van der Waals surface area (Å²) < 4.78 is 49.0. The number of carbonyl (C=O) groups excluding carboxylic acids is 1. The molecule has 1 aliphatic rings. The van der Waals surface area contributed by atoms with Gasteiger partial charge in [-0.15, -0.1) is 0 Å². The summed E-state index contributed by atoms with van der Waals surface area (Å²) in [6.45, 7) is 11.1. The molecule has 4 aromatic rings. The molecule has 5 rings (SSSR count). The van der Waals surface area contributed by atoms with Crippen molar-refractivity contribution < 1.29 is 22.7 Å². The van der Waals surface area contributed by atoms with Crippen LogP contribution in [0.2, 0.25) is 0 Å². The van der Waals surface area contributed by atoms with Crippen molar-refractivity contribution in [1.29, 1.82) is 0 Å². The highest BCUT2D eigenvalue weighted by molar-refractivity contribution is 5.98. The van der Waals surface area contributed by atoms with Crippen LogP contribution in [0.25, 0.3) is 5.82 Å². The lowest BCUT2D eigenvalue weighted by atomic mass is 9.98. The summed E-state index contributed by atoms with van der Waals surface area (Å²) in [5.74, 6) is 0.920. The van der Waals surface area contributed by atoms with Crippen LogP contribution in [0.15, 0.2) is 54.9 Å². The highest BCUT2D eigenvalue weighted by Crippen LogP contribution is 2.35. The Morgan fingerprint density at radius 3 is 2.59 bits per heavy atom. The maximum absolute atomic E-state index is 14.0. The van der Waals surface area contributed by atoms with Gasteiger partial charge < -0.3 is 15.0 Å². The van der Waals surface area contributed by atoms with Crippen LogP contribution in [-0.4, -0.2) is 76.4 Å². The molecule has 3 heterocycles. The number of benzene rings is 2. The van der Waals surface area contributed by atoms with Crippen molar-refractivity contribution in [3.05, 3.63) is 88.5 Å². The van der Waals surface area contributed by atoms with E-state index in [2.05, 4.69) is 25.3 Å². The van der Waals surface area contributed by atoms with Crippen LogP contribution in [0, 0.1) is 13.8 Å². The molecule has 9 nitrogen and oxygen atoms in total. The second-order valence-electron chi connectivity index (χ2n) is 11.8. The Balaban J connectivity index is 1.38. The Labute approximate surface area is 267 Å². The summed E-state index contributed by atoms with van der Waals surface area (Å²) in [4.78, 5) is 26.4. The van der Waals surface area contributed by atoms with E-state index < -0.39 is 11.7 Å². The molecule has 0 aliphatic carbocycles. The number of hydrogen-bond acceptors (Lipinski definition) is 8. The number of nitrogens with zero attached hydrogens (tertiary/aromatic N) is 6. The van der Waals surface area contributed by atoms with Gasteiger partial charge in [0, 0.05) is 80.5 Å². The molecule has 244 valence electrons. The van der Waals surface area contributed by atoms with Gasteiger partial charge in [0.1, 0.15) is 12.1 Å². The van der Waals surface area contributed by atoms with Crippen LogP contribution in [0.3, 0.4) is 0 Å². The van der Waals surface area contributed by atoms with E-state index in [4.69, 9.17) is 4.74 Å². The highest BCUT2D eigenvalue weighted by atomic mass is 19.4. The molecule has 1 aliphatic heterocycles. The molecule has 0 unspecified atom stereocenters. The molecular weight excluding hydrogens is 595 g/mol. The van der Waals surface area contributed by atoms with Gasteiger partial charge in [-0.1, -0.05) is 19.1 Å². The third-order valence-electron chi connectivity index (χ3n) is 8.27. The first-order valence-electron chi connectivity index (χ1n) is 15.4. The average molecular weight is 636 g/mol. The highest BCUT2D eigenvalue weighted by Gasteiger charge is 2.33. The fourth-order valence-electron chi connectivity index (χ4n) is 5.74. The van der Waals surface area contributed by atoms with Crippen LogP contribution in [0.1, 0.15) is 52.3 Å². The molecule has 1 fully saturated rings. The third kappa shape index (κ3) is 7.73. The fraction of sp³-hybridized carbons (Fsp3) is 0.412. The molecule has 46 heavy (non-hydrogen) atoms. The van der Waals surface area contributed by atoms with Gasteiger partial charge in [0.25, 0.3) is 0 Å². The molecule has 1 saturated heterocycles. The quantitative estimate of drug-likeness (QED) is 0.196. The molecule has 0 saturated carbocycles. The van der Waals surface area contributed by atoms with E-state index >= 15 is 0 Å². The molecule has 2 aromatic heterocycles. The molecule has 1 N–H and O–H groups in total. The van der Waals surface area contributed by atoms with Crippen LogP contribution >= 0.6 is 0 Å². The van der Waals surface area contributed by atoms with Gasteiger partial charge in [0.15, 0.2) is 11.6 Å². The van der Waals surface area contributed by atoms with Crippen LogP contribution in [-0.2, 0) is 23.8 Å². The van der Waals surface area contributed by atoms with Gasteiger partial charge in [0.2, 0.25) is 0 Å². The number of hydrogen-bond donors (Lipinski definition) is 1. The molecule has 0 amide bonds. The lowest BCUT2D eigenvalue weighted by molar-refractivity contribution is -0.137. The number of anilines is 3. The number of halogens is 3. The summed E-state index contributed by atoms with van der Waals surface area (Å²) in [5, 5.41) is 8.01. The summed E-state index contributed by atoms with van der Waals surface area (Å²) >= 11 is 0. The van der Waals surface area contributed by atoms with E-state index in [0.29, 0.717) is 49.1 Å². The maximum atomic E-state index is 14.0. The average Bonchev–Trinajstić information content (AvgIpc) is 3.40. The minimum absolute atomic E-state index is 0.0317. The zero-order valence-corrected chi connectivity index (χ0v) is 26.9. The number of methoxy groups -OCH3 is 1. The van der Waals surface area contributed by atoms with Gasteiger partial charge in [-0.05, 0) is 62.6 Å². The Hall–Kier alpha value is -4.29. The van der Waals surface area contributed by atoms with Crippen molar-refractivity contribution in [2.75, 3.05) is 50.1 Å². The van der Waals surface area contributed by atoms with Gasteiger partial charge >= 0.3 is 6.18 Å². The minimum Gasteiger partial charge on any atom is -0.383 e. The van der Waals surface area contributed by atoms with Crippen molar-refractivity contribution in [2.24, 2.45) is 0 Å². The zero-order valence-electron chi connectivity index (χ0n) is 26.9. The predicted octanol–water partition coefficient (Wildman–Crippen LogP) is 6.19. The normalized spacial score (nSPS) is 15.7. The van der Waals surface area contributed by atoms with Crippen molar-refractivity contribution >= 4 is 23.0 Å². The van der Waals surface area contributed by atoms with Gasteiger partial charge in [-0.3, -0.25) is 9.69 Å². The van der Waals surface area contributed by atoms with Crippen molar-refractivity contribution in [3.8, 4) is 5.82 Å². The lowest BCUT2D eigenvalue weighted by Crippen LogP contribution is -2.52. The maximum Gasteiger partial charge on any atom is 0.416 e. The number of rotatable bonds is 11. The first-order valence-corrected chi connectivity index (χ1v) is 15.4. The number of ketones is 1. The second kappa shape index (κ2) is 14.0. The Kier molecular flexibility index (Phi) is 10.1. The number of piperazine rings is 1. The first-order chi connectivity index (χ1) is 21.9. The Morgan fingerprint density at radius 1 is 1.07 bits per heavy atom. The van der Waals surface area contributed by atoms with Gasteiger partial charge in [0.05, 0.1) is 17.9 Å². The standard InChI is InChI=1S/C34H40F3N7O2/c1-6-28-19-32(39-21-38-28)44-33(13-23(3)41-44)40-30-14-25(8-7-22(30)2)15-31(45)26-16-27(34(35,36)37)18-29(17-26)43-10-9-42(11-12-46-5)20-24(43)4/h7-8,13-14,16-19,21,24,40H,6,9-12,15,20H2,1-5H3/t24-/m1/s1. The molecule has 0 bridgehead atoms. The number of ether oxygens (including phenoxy) is 1. The summed E-state index contributed by atoms with van der Waals surface area (Å²) in [7, 11) is 1.65. The number of aryl methyl sites for hydroxylation is 3. The second-order valence-corrected chi connectivity index (χ2v) is 11.8. The summed E-state index contributed by atoms with van der Waals surface area (Å²) in [5.41, 5.74) is 3.65. The number of aromatic nitrogens is 4. The molecule has 12 heteroatoms. The van der Waals surface area contributed by atoms with Crippen molar-refractivity contribution in [1.82, 2.24) is 24.6 Å².